The standard InChI is InChI=1S/C18H21FN4O2/c1-13-7-8-18(25)23(21-13)12-17(24)20-15-5-3-9-22(11-15)16-6-2-4-14(19)10-16/h2,4,6-8,10,15H,3,5,9,11-12H2,1H3,(H,20,24)/t15-/m1/s1. The summed E-state index contributed by atoms with van der Waals surface area (Å²) in [5.74, 6) is -0.514. The molecule has 1 aliphatic rings. The highest BCUT2D eigenvalue weighted by Gasteiger charge is 2.22. The van der Waals surface area contributed by atoms with E-state index in [1.165, 1.54) is 18.2 Å². The molecule has 0 saturated carbocycles. The van der Waals surface area contributed by atoms with E-state index in [-0.39, 0.29) is 29.9 Å². The van der Waals surface area contributed by atoms with E-state index in [9.17, 15) is 14.0 Å². The van der Waals surface area contributed by atoms with Crippen LogP contribution in [0.5, 0.6) is 0 Å². The lowest BCUT2D eigenvalue weighted by molar-refractivity contribution is -0.122. The van der Waals surface area contributed by atoms with Crippen LogP contribution in [0.25, 0.3) is 0 Å². The van der Waals surface area contributed by atoms with Crippen molar-refractivity contribution in [2.24, 2.45) is 0 Å². The number of nitrogens with one attached hydrogen (secondary N) is 1. The Labute approximate surface area is 145 Å². The number of aryl methyl sites for hydroxylation is 1. The number of nitrogens with zero attached hydrogens (tertiary/aromatic N) is 3. The van der Waals surface area contributed by atoms with Crippen molar-refractivity contribution in [2.75, 3.05) is 18.0 Å². The lowest BCUT2D eigenvalue weighted by atomic mass is 10.0. The molecule has 1 N–H and O–H groups in total. The molecule has 0 radical (unpaired) electrons. The number of anilines is 1. The fourth-order valence-electron chi connectivity index (χ4n) is 3.08. The number of aromatic nitrogens is 2. The molecule has 1 aliphatic heterocycles. The van der Waals surface area contributed by atoms with Crippen LogP contribution >= 0.6 is 0 Å². The minimum Gasteiger partial charge on any atom is -0.369 e. The molecule has 25 heavy (non-hydrogen) atoms. The molecule has 2 heterocycles. The molecule has 1 atom stereocenters. The Bertz CT molecular complexity index is 821. The Morgan fingerprint density at radius 2 is 2.20 bits per heavy atom. The van der Waals surface area contributed by atoms with Crippen LogP contribution in [0.2, 0.25) is 0 Å². The lowest BCUT2D eigenvalue weighted by Gasteiger charge is -2.34. The van der Waals surface area contributed by atoms with E-state index in [0.29, 0.717) is 12.2 Å². The maximum absolute atomic E-state index is 13.4. The van der Waals surface area contributed by atoms with E-state index < -0.39 is 0 Å². The van der Waals surface area contributed by atoms with Gasteiger partial charge in [0.15, 0.2) is 0 Å². The van der Waals surface area contributed by atoms with Crippen LogP contribution < -0.4 is 15.8 Å². The summed E-state index contributed by atoms with van der Waals surface area (Å²) in [4.78, 5) is 26.1. The Morgan fingerprint density at radius 3 is 3.00 bits per heavy atom. The second kappa shape index (κ2) is 7.46. The number of benzene rings is 1. The normalized spacial score (nSPS) is 17.4. The van der Waals surface area contributed by atoms with Crippen LogP contribution in [0, 0.1) is 12.7 Å². The van der Waals surface area contributed by atoms with E-state index >= 15 is 0 Å². The van der Waals surface area contributed by atoms with Gasteiger partial charge in [0.1, 0.15) is 12.4 Å². The first-order chi connectivity index (χ1) is 12.0. The zero-order chi connectivity index (χ0) is 17.8. The number of piperidine rings is 1. The molecule has 0 bridgehead atoms. The average molecular weight is 344 g/mol. The van der Waals surface area contributed by atoms with Crippen molar-refractivity contribution >= 4 is 11.6 Å². The zero-order valence-corrected chi connectivity index (χ0v) is 14.1. The summed E-state index contributed by atoms with van der Waals surface area (Å²) in [5, 5.41) is 7.02. The van der Waals surface area contributed by atoms with Crippen molar-refractivity contribution in [3.63, 3.8) is 0 Å². The number of hydrogen-bond donors (Lipinski definition) is 1. The molecule has 0 aliphatic carbocycles. The van der Waals surface area contributed by atoms with Gasteiger partial charge in [-0.15, -0.1) is 0 Å². The Morgan fingerprint density at radius 1 is 1.36 bits per heavy atom. The van der Waals surface area contributed by atoms with Gasteiger partial charge in [0, 0.05) is 30.9 Å². The van der Waals surface area contributed by atoms with E-state index in [1.54, 1.807) is 19.1 Å². The van der Waals surface area contributed by atoms with Gasteiger partial charge in [0.25, 0.3) is 5.56 Å². The fourth-order valence-corrected chi connectivity index (χ4v) is 3.08. The third-order valence-corrected chi connectivity index (χ3v) is 4.25. The number of rotatable bonds is 4. The van der Waals surface area contributed by atoms with Gasteiger partial charge in [-0.2, -0.15) is 5.10 Å². The number of carbonyl (C=O) groups excluding carboxylic acids is 1. The summed E-state index contributed by atoms with van der Waals surface area (Å²) in [7, 11) is 0. The SMILES string of the molecule is Cc1ccc(=O)n(CC(=O)N[C@@H]2CCCN(c3cccc(F)c3)C2)n1. The zero-order valence-electron chi connectivity index (χ0n) is 14.1. The second-order valence-electron chi connectivity index (χ2n) is 6.30. The third kappa shape index (κ3) is 4.43. The molecule has 0 spiro atoms. The van der Waals surface area contributed by atoms with E-state index in [1.807, 2.05) is 6.07 Å². The van der Waals surface area contributed by atoms with Crippen molar-refractivity contribution in [1.82, 2.24) is 15.1 Å². The van der Waals surface area contributed by atoms with E-state index in [2.05, 4.69) is 15.3 Å². The average Bonchev–Trinajstić information content (AvgIpc) is 2.58. The van der Waals surface area contributed by atoms with Crippen LogP contribution in [0.15, 0.2) is 41.2 Å². The summed E-state index contributed by atoms with van der Waals surface area (Å²) in [6.45, 7) is 3.11. The molecule has 1 amide bonds. The van der Waals surface area contributed by atoms with Gasteiger partial charge in [0.2, 0.25) is 5.91 Å². The van der Waals surface area contributed by atoms with Crippen LogP contribution in [0.1, 0.15) is 18.5 Å². The number of carbonyl (C=O) groups is 1. The molecule has 1 aromatic heterocycles. The van der Waals surface area contributed by atoms with Crippen molar-refractivity contribution < 1.29 is 9.18 Å². The van der Waals surface area contributed by atoms with E-state index in [4.69, 9.17) is 0 Å². The monoisotopic (exact) mass is 344 g/mol. The van der Waals surface area contributed by atoms with Crippen molar-refractivity contribution in [3.05, 3.63) is 58.3 Å². The van der Waals surface area contributed by atoms with Gasteiger partial charge in [-0.1, -0.05) is 6.07 Å². The maximum Gasteiger partial charge on any atom is 0.267 e. The van der Waals surface area contributed by atoms with Crippen LogP contribution in [-0.4, -0.2) is 34.8 Å². The molecule has 2 aromatic rings. The molecule has 6 nitrogen and oxygen atoms in total. The molecular weight excluding hydrogens is 323 g/mol. The van der Waals surface area contributed by atoms with Crippen LogP contribution in [0.3, 0.4) is 0 Å². The molecule has 132 valence electrons. The number of amides is 1. The van der Waals surface area contributed by atoms with Gasteiger partial charge >= 0.3 is 0 Å². The summed E-state index contributed by atoms with van der Waals surface area (Å²) >= 11 is 0. The topological polar surface area (TPSA) is 67.2 Å². The first kappa shape index (κ1) is 17.1. The number of hydrogen-bond acceptors (Lipinski definition) is 4. The van der Waals surface area contributed by atoms with Crippen molar-refractivity contribution in [2.45, 2.75) is 32.4 Å². The first-order valence-electron chi connectivity index (χ1n) is 8.36. The second-order valence-corrected chi connectivity index (χ2v) is 6.30. The molecular formula is C18H21FN4O2. The highest BCUT2D eigenvalue weighted by atomic mass is 19.1. The minimum atomic E-state index is -0.300. The van der Waals surface area contributed by atoms with Gasteiger partial charge in [-0.05, 0) is 44.0 Å². The summed E-state index contributed by atoms with van der Waals surface area (Å²) in [6, 6.07) is 9.45. The summed E-state index contributed by atoms with van der Waals surface area (Å²) in [5.41, 5.74) is 1.20. The lowest BCUT2D eigenvalue weighted by Crippen LogP contribution is -2.49. The highest BCUT2D eigenvalue weighted by molar-refractivity contribution is 5.76. The predicted molar refractivity (Wildman–Crippen MR) is 93.0 cm³/mol. The highest BCUT2D eigenvalue weighted by Crippen LogP contribution is 2.20. The minimum absolute atomic E-state index is 0.0370. The first-order valence-corrected chi connectivity index (χ1v) is 8.36. The van der Waals surface area contributed by atoms with Crippen LogP contribution in [0.4, 0.5) is 10.1 Å². The molecule has 1 saturated heterocycles. The molecule has 0 unspecified atom stereocenters. The molecule has 1 aromatic carbocycles. The Kier molecular flexibility index (Phi) is 5.11. The molecule has 3 rings (SSSR count). The third-order valence-electron chi connectivity index (χ3n) is 4.25. The van der Waals surface area contributed by atoms with Crippen molar-refractivity contribution in [1.29, 1.82) is 0 Å². The summed E-state index contributed by atoms with van der Waals surface area (Å²) < 4.78 is 14.6. The fraction of sp³-hybridized carbons (Fsp3) is 0.389. The summed E-state index contributed by atoms with van der Waals surface area (Å²) in [6.07, 6.45) is 1.76. The smallest absolute Gasteiger partial charge is 0.267 e. The number of halogens is 1. The van der Waals surface area contributed by atoms with Gasteiger partial charge in [-0.25, -0.2) is 9.07 Å². The Balaban J connectivity index is 1.61. The quantitative estimate of drug-likeness (QED) is 0.912. The van der Waals surface area contributed by atoms with Gasteiger partial charge in [0.05, 0.1) is 5.69 Å². The van der Waals surface area contributed by atoms with E-state index in [0.717, 1.165) is 29.8 Å². The maximum atomic E-state index is 13.4. The molecule has 1 fully saturated rings. The Hall–Kier alpha value is -2.70. The molecule has 7 heteroatoms. The van der Waals surface area contributed by atoms with Gasteiger partial charge in [-0.3, -0.25) is 9.59 Å². The van der Waals surface area contributed by atoms with Crippen LogP contribution in [-0.2, 0) is 11.3 Å². The predicted octanol–water partition coefficient (Wildman–Crippen LogP) is 1.48. The van der Waals surface area contributed by atoms with Gasteiger partial charge < -0.3 is 10.2 Å². The van der Waals surface area contributed by atoms with Crippen molar-refractivity contribution in [3.8, 4) is 0 Å². The largest absolute Gasteiger partial charge is 0.369 e.